The van der Waals surface area contributed by atoms with Crippen LogP contribution >= 0.6 is 39.9 Å². The Hall–Kier alpha value is -0.280. The van der Waals surface area contributed by atoms with Crippen LogP contribution in [0.3, 0.4) is 0 Å². The van der Waals surface area contributed by atoms with Crippen LogP contribution in [0.2, 0.25) is 0 Å². The second kappa shape index (κ2) is 9.88. The van der Waals surface area contributed by atoms with Gasteiger partial charge < -0.3 is 19.5 Å². The van der Waals surface area contributed by atoms with Crippen LogP contribution < -0.4 is 5.32 Å². The molecule has 1 aromatic rings. The highest BCUT2D eigenvalue weighted by atomic mass is 127. The summed E-state index contributed by atoms with van der Waals surface area (Å²) in [6, 6.07) is 2.12. The summed E-state index contributed by atoms with van der Waals surface area (Å²) >= 11 is 3.51. The summed E-state index contributed by atoms with van der Waals surface area (Å²) in [7, 11) is 7.64. The van der Waals surface area contributed by atoms with E-state index in [0.717, 1.165) is 23.5 Å². The monoisotopic (exact) mass is 500 g/mol. The lowest BCUT2D eigenvalue weighted by molar-refractivity contribution is 0.0202. The molecule has 0 aliphatic heterocycles. The summed E-state index contributed by atoms with van der Waals surface area (Å²) in [4.78, 5) is 6.47. The van der Waals surface area contributed by atoms with E-state index in [4.69, 9.17) is 4.74 Å². The number of aliphatic imine (C=N–C) groups is 1. The van der Waals surface area contributed by atoms with Crippen LogP contribution in [-0.4, -0.2) is 49.3 Å². The number of hydrogen-bond donors (Lipinski definition) is 1. The first-order valence-electron chi connectivity index (χ1n) is 7.44. The predicted molar refractivity (Wildman–Crippen MR) is 112 cm³/mol. The van der Waals surface area contributed by atoms with Crippen LogP contribution in [0.15, 0.2) is 21.7 Å². The van der Waals surface area contributed by atoms with Gasteiger partial charge >= 0.3 is 0 Å². The predicted octanol–water partition coefficient (Wildman–Crippen LogP) is 3.47. The molecule has 0 fully saturated rings. The van der Waals surface area contributed by atoms with Crippen molar-refractivity contribution in [3.8, 4) is 0 Å². The fourth-order valence-electron chi connectivity index (χ4n) is 2.35. The van der Waals surface area contributed by atoms with E-state index in [1.54, 1.807) is 14.2 Å². The van der Waals surface area contributed by atoms with Crippen molar-refractivity contribution in [3.05, 3.63) is 22.4 Å². The summed E-state index contributed by atoms with van der Waals surface area (Å²) in [5.74, 6) is 0.864. The number of halogens is 2. The molecule has 0 aliphatic rings. The summed E-state index contributed by atoms with van der Waals surface area (Å²) < 4.78 is 8.79. The molecule has 1 aromatic heterocycles. The number of rotatable bonds is 5. The molecule has 0 bridgehead atoms. The van der Waals surface area contributed by atoms with Crippen LogP contribution in [0.5, 0.6) is 0 Å². The van der Waals surface area contributed by atoms with Crippen LogP contribution in [0.25, 0.3) is 0 Å². The third-order valence-electron chi connectivity index (χ3n) is 3.74. The molecule has 0 saturated heterocycles. The third kappa shape index (κ3) is 7.01. The van der Waals surface area contributed by atoms with E-state index in [0.29, 0.717) is 0 Å². The maximum atomic E-state index is 5.58. The van der Waals surface area contributed by atoms with E-state index < -0.39 is 0 Å². The smallest absolute Gasteiger partial charge is 0.193 e. The number of nitrogens with zero attached hydrogens (tertiary/aromatic N) is 3. The normalized spacial score (nSPS) is 13.5. The summed E-state index contributed by atoms with van der Waals surface area (Å²) in [5.41, 5.74) is 1.30. The van der Waals surface area contributed by atoms with Gasteiger partial charge in [-0.05, 0) is 27.4 Å². The van der Waals surface area contributed by atoms with Gasteiger partial charge in [-0.2, -0.15) is 0 Å². The fourth-order valence-corrected chi connectivity index (χ4v) is 2.92. The lowest BCUT2D eigenvalue weighted by Gasteiger charge is -2.31. The quantitative estimate of drug-likeness (QED) is 0.382. The average molecular weight is 501 g/mol. The Morgan fingerprint density at radius 2 is 2.09 bits per heavy atom. The molecule has 0 spiro atoms. The summed E-state index contributed by atoms with van der Waals surface area (Å²) in [6.07, 6.45) is 2.18. The van der Waals surface area contributed by atoms with Crippen molar-refractivity contribution in [2.24, 2.45) is 17.5 Å². The lowest BCUT2D eigenvalue weighted by atomic mass is 9.89. The molecule has 0 aliphatic carbocycles. The van der Waals surface area contributed by atoms with Crippen LogP contribution in [0.1, 0.15) is 26.5 Å². The van der Waals surface area contributed by atoms with Gasteiger partial charge in [0.1, 0.15) is 0 Å². The van der Waals surface area contributed by atoms with E-state index in [1.165, 1.54) is 5.69 Å². The second-order valence-corrected chi connectivity index (χ2v) is 7.55. The molecule has 23 heavy (non-hydrogen) atoms. The molecule has 1 N–H and O–H groups in total. The third-order valence-corrected chi connectivity index (χ3v) is 4.18. The molecular weight excluding hydrogens is 471 g/mol. The first-order chi connectivity index (χ1) is 10.2. The van der Waals surface area contributed by atoms with Crippen LogP contribution in [-0.2, 0) is 18.3 Å². The van der Waals surface area contributed by atoms with Gasteiger partial charge in [0, 0.05) is 51.2 Å². The number of ether oxygens (including phenoxy) is 1. The zero-order valence-electron chi connectivity index (χ0n) is 15.2. The number of aryl methyl sites for hydroxylation is 1. The van der Waals surface area contributed by atoms with E-state index in [9.17, 15) is 0 Å². The zero-order valence-corrected chi connectivity index (χ0v) is 19.1. The van der Waals surface area contributed by atoms with Crippen molar-refractivity contribution in [2.75, 3.05) is 27.7 Å². The van der Waals surface area contributed by atoms with Crippen molar-refractivity contribution < 1.29 is 4.74 Å². The summed E-state index contributed by atoms with van der Waals surface area (Å²) in [6.45, 7) is 8.05. The number of guanidine groups is 1. The highest BCUT2D eigenvalue weighted by Crippen LogP contribution is 2.21. The fraction of sp³-hybridized carbons (Fsp3) is 0.688. The molecule has 0 aromatic carbocycles. The first kappa shape index (κ1) is 22.7. The van der Waals surface area contributed by atoms with E-state index in [1.807, 2.05) is 14.1 Å². The van der Waals surface area contributed by atoms with Crippen LogP contribution in [0.4, 0.5) is 0 Å². The summed E-state index contributed by atoms with van der Waals surface area (Å²) in [5, 5.41) is 3.40. The Morgan fingerprint density at radius 1 is 1.48 bits per heavy atom. The molecule has 0 saturated carbocycles. The van der Waals surface area contributed by atoms with Gasteiger partial charge in [-0.15, -0.1) is 24.0 Å². The molecule has 1 rings (SSSR count). The topological polar surface area (TPSA) is 41.8 Å². The van der Waals surface area contributed by atoms with Crippen molar-refractivity contribution >= 4 is 45.9 Å². The number of aromatic nitrogens is 1. The molecule has 134 valence electrons. The Kier molecular flexibility index (Phi) is 9.76. The first-order valence-corrected chi connectivity index (χ1v) is 8.23. The number of methoxy groups -OCH3 is 1. The molecular formula is C16H30BrIN4O. The minimum atomic E-state index is 0. The molecule has 0 amide bonds. The van der Waals surface area contributed by atoms with Crippen molar-refractivity contribution in [1.82, 2.24) is 14.8 Å². The highest BCUT2D eigenvalue weighted by Gasteiger charge is 2.24. The highest BCUT2D eigenvalue weighted by molar-refractivity contribution is 14.0. The van der Waals surface area contributed by atoms with Gasteiger partial charge in [0.15, 0.2) is 5.96 Å². The van der Waals surface area contributed by atoms with Gasteiger partial charge in [-0.25, -0.2) is 0 Å². The van der Waals surface area contributed by atoms with Gasteiger partial charge in [0.2, 0.25) is 0 Å². The molecule has 1 unspecified atom stereocenters. The van der Waals surface area contributed by atoms with Gasteiger partial charge in [-0.3, -0.25) is 4.99 Å². The van der Waals surface area contributed by atoms with Crippen molar-refractivity contribution in [3.63, 3.8) is 0 Å². The van der Waals surface area contributed by atoms with Gasteiger partial charge in [0.05, 0.1) is 12.6 Å². The van der Waals surface area contributed by atoms with Crippen molar-refractivity contribution in [2.45, 2.75) is 33.4 Å². The minimum Gasteiger partial charge on any atom is -0.379 e. The minimum absolute atomic E-state index is 0. The van der Waals surface area contributed by atoms with Crippen molar-refractivity contribution in [1.29, 1.82) is 0 Å². The lowest BCUT2D eigenvalue weighted by Crippen LogP contribution is -2.45. The largest absolute Gasteiger partial charge is 0.379 e. The molecule has 1 heterocycles. The van der Waals surface area contributed by atoms with Crippen LogP contribution in [0, 0.1) is 5.41 Å². The Morgan fingerprint density at radius 3 is 2.48 bits per heavy atom. The SMILES string of the molecule is CN=C(NCC(OC)C(C)(C)C)N(C)Cc1cc(Br)cn1C.I. The zero-order chi connectivity index (χ0) is 16.9. The molecule has 0 radical (unpaired) electrons. The average Bonchev–Trinajstić information content (AvgIpc) is 2.71. The molecule has 1 atom stereocenters. The van der Waals surface area contributed by atoms with Gasteiger partial charge in [0.25, 0.3) is 0 Å². The van der Waals surface area contributed by atoms with E-state index >= 15 is 0 Å². The molecule has 5 nitrogen and oxygen atoms in total. The second-order valence-electron chi connectivity index (χ2n) is 6.64. The molecule has 7 heteroatoms. The van der Waals surface area contributed by atoms with Gasteiger partial charge in [-0.1, -0.05) is 20.8 Å². The van der Waals surface area contributed by atoms with E-state index in [2.05, 4.69) is 68.7 Å². The number of nitrogens with one attached hydrogen (secondary N) is 1. The Labute approximate surface area is 166 Å². The number of hydrogen-bond acceptors (Lipinski definition) is 2. The standard InChI is InChI=1S/C16H29BrN4O.HI/c1-16(2,3)14(22-7)9-19-15(18-4)21(6)11-13-8-12(17)10-20(13)5;/h8,10,14H,9,11H2,1-7H3,(H,18,19);1H. The Balaban J connectivity index is 0.00000484. The van der Waals surface area contributed by atoms with E-state index in [-0.39, 0.29) is 35.5 Å². The maximum Gasteiger partial charge on any atom is 0.193 e. The maximum absolute atomic E-state index is 5.58. The Bertz CT molecular complexity index is 511.